The van der Waals surface area contributed by atoms with Crippen LogP contribution in [0.5, 0.6) is 0 Å². The Hall–Kier alpha value is -1.05. The number of sulfonamides is 1. The lowest BCUT2D eigenvalue weighted by Crippen LogP contribution is -2.37. The van der Waals surface area contributed by atoms with Gasteiger partial charge < -0.3 is 9.88 Å². The first-order chi connectivity index (χ1) is 8.94. The van der Waals surface area contributed by atoms with Crippen molar-refractivity contribution in [3.8, 4) is 0 Å². The van der Waals surface area contributed by atoms with Gasteiger partial charge in [-0.3, -0.25) is 4.79 Å². The Kier molecular flexibility index (Phi) is 4.17. The number of rotatable bonds is 4. The van der Waals surface area contributed by atoms with E-state index in [-0.39, 0.29) is 12.5 Å². The van der Waals surface area contributed by atoms with E-state index in [0.717, 1.165) is 0 Å². The molecule has 0 bridgehead atoms. The van der Waals surface area contributed by atoms with Crippen molar-refractivity contribution >= 4 is 27.5 Å². The Morgan fingerprint density at radius 1 is 1.63 bits per heavy atom. The van der Waals surface area contributed by atoms with E-state index in [1.165, 1.54) is 17.2 Å². The Morgan fingerprint density at radius 3 is 2.95 bits per heavy atom. The van der Waals surface area contributed by atoms with Crippen molar-refractivity contribution in [3.05, 3.63) is 23.0 Å². The topological polar surface area (TPSA) is 82.3 Å². The number of aromatic nitrogens is 1. The van der Waals surface area contributed by atoms with Crippen LogP contribution in [0.4, 0.5) is 0 Å². The molecule has 1 unspecified atom stereocenters. The van der Waals surface area contributed by atoms with Crippen molar-refractivity contribution in [1.29, 1.82) is 0 Å². The SMILES string of the molecule is CCNS(=O)(=O)C1CCN(C(=O)c2cc(Cl)c[nH]2)C1. The summed E-state index contributed by atoms with van der Waals surface area (Å²) in [6.07, 6.45) is 1.98. The molecular formula is C11H16ClN3O3S. The maximum absolute atomic E-state index is 12.1. The summed E-state index contributed by atoms with van der Waals surface area (Å²) in [4.78, 5) is 16.4. The number of nitrogens with zero attached hydrogens (tertiary/aromatic N) is 1. The summed E-state index contributed by atoms with van der Waals surface area (Å²) in [6, 6.07) is 1.54. The maximum atomic E-state index is 12.1. The summed E-state index contributed by atoms with van der Waals surface area (Å²) < 4.78 is 26.2. The van der Waals surface area contributed by atoms with E-state index >= 15 is 0 Å². The summed E-state index contributed by atoms with van der Waals surface area (Å²) in [5.41, 5.74) is 0.381. The molecule has 1 aromatic heterocycles. The van der Waals surface area contributed by atoms with E-state index in [1.54, 1.807) is 6.92 Å². The number of nitrogens with one attached hydrogen (secondary N) is 2. The first-order valence-electron chi connectivity index (χ1n) is 6.05. The minimum atomic E-state index is -3.33. The molecule has 1 amide bonds. The van der Waals surface area contributed by atoms with Gasteiger partial charge in [0.05, 0.1) is 10.3 Å². The molecule has 0 saturated carbocycles. The zero-order valence-corrected chi connectivity index (χ0v) is 12.1. The summed E-state index contributed by atoms with van der Waals surface area (Å²) in [7, 11) is -3.33. The molecule has 1 fully saturated rings. The summed E-state index contributed by atoms with van der Waals surface area (Å²) in [6.45, 7) is 2.74. The second kappa shape index (κ2) is 5.52. The van der Waals surface area contributed by atoms with E-state index in [2.05, 4.69) is 9.71 Å². The Morgan fingerprint density at radius 2 is 2.37 bits per heavy atom. The molecule has 2 heterocycles. The van der Waals surface area contributed by atoms with Crippen molar-refractivity contribution in [2.24, 2.45) is 0 Å². The van der Waals surface area contributed by atoms with Gasteiger partial charge in [0.1, 0.15) is 5.69 Å². The third kappa shape index (κ3) is 3.10. The average molecular weight is 306 g/mol. The predicted octanol–water partition coefficient (Wildman–Crippen LogP) is 0.822. The Bertz CT molecular complexity index is 569. The van der Waals surface area contributed by atoms with Crippen molar-refractivity contribution in [2.45, 2.75) is 18.6 Å². The van der Waals surface area contributed by atoms with Gasteiger partial charge in [-0.2, -0.15) is 0 Å². The molecule has 19 heavy (non-hydrogen) atoms. The molecular weight excluding hydrogens is 290 g/mol. The third-order valence-corrected chi connectivity index (χ3v) is 5.27. The van der Waals surface area contributed by atoms with Crippen molar-refractivity contribution in [2.75, 3.05) is 19.6 Å². The fraction of sp³-hybridized carbons (Fsp3) is 0.545. The van der Waals surface area contributed by atoms with Crippen LogP contribution in [-0.4, -0.2) is 49.1 Å². The number of H-pyrrole nitrogens is 1. The van der Waals surface area contributed by atoms with Crippen LogP contribution in [0.25, 0.3) is 0 Å². The molecule has 1 atom stereocenters. The lowest BCUT2D eigenvalue weighted by Gasteiger charge is -2.16. The fourth-order valence-electron chi connectivity index (χ4n) is 2.15. The normalized spacial score (nSPS) is 19.9. The number of hydrogen-bond donors (Lipinski definition) is 2. The largest absolute Gasteiger partial charge is 0.356 e. The van der Waals surface area contributed by atoms with E-state index in [9.17, 15) is 13.2 Å². The lowest BCUT2D eigenvalue weighted by molar-refractivity contribution is 0.0788. The van der Waals surface area contributed by atoms with Crippen molar-refractivity contribution < 1.29 is 13.2 Å². The highest BCUT2D eigenvalue weighted by molar-refractivity contribution is 7.90. The lowest BCUT2D eigenvalue weighted by atomic mass is 10.4. The zero-order valence-electron chi connectivity index (χ0n) is 10.5. The van der Waals surface area contributed by atoms with Gasteiger partial charge in [0.2, 0.25) is 10.0 Å². The van der Waals surface area contributed by atoms with E-state index < -0.39 is 15.3 Å². The van der Waals surface area contributed by atoms with Crippen LogP contribution in [0.3, 0.4) is 0 Å². The molecule has 0 spiro atoms. The van der Waals surface area contributed by atoms with E-state index in [4.69, 9.17) is 11.6 Å². The van der Waals surface area contributed by atoms with Crippen LogP contribution in [0, 0.1) is 0 Å². The van der Waals surface area contributed by atoms with E-state index in [0.29, 0.717) is 30.2 Å². The highest BCUT2D eigenvalue weighted by atomic mass is 35.5. The molecule has 2 N–H and O–H groups in total. The molecule has 1 aliphatic rings. The van der Waals surface area contributed by atoms with Crippen LogP contribution in [-0.2, 0) is 10.0 Å². The molecule has 106 valence electrons. The van der Waals surface area contributed by atoms with Crippen LogP contribution in [0.2, 0.25) is 5.02 Å². The molecule has 6 nitrogen and oxygen atoms in total. The summed E-state index contributed by atoms with van der Waals surface area (Å²) >= 11 is 5.75. The highest BCUT2D eigenvalue weighted by Gasteiger charge is 2.35. The number of hydrogen-bond acceptors (Lipinski definition) is 3. The number of carbonyl (C=O) groups excluding carboxylic acids is 1. The molecule has 8 heteroatoms. The van der Waals surface area contributed by atoms with Crippen molar-refractivity contribution in [1.82, 2.24) is 14.6 Å². The third-order valence-electron chi connectivity index (χ3n) is 3.09. The second-order valence-electron chi connectivity index (χ2n) is 4.44. The monoisotopic (exact) mass is 305 g/mol. The molecule has 0 radical (unpaired) electrons. The van der Waals surface area contributed by atoms with Gasteiger partial charge in [-0.25, -0.2) is 13.1 Å². The molecule has 1 aliphatic heterocycles. The maximum Gasteiger partial charge on any atom is 0.270 e. The van der Waals surface area contributed by atoms with Gasteiger partial charge in [0, 0.05) is 25.8 Å². The first-order valence-corrected chi connectivity index (χ1v) is 7.98. The van der Waals surface area contributed by atoms with Crippen molar-refractivity contribution in [3.63, 3.8) is 0 Å². The van der Waals surface area contributed by atoms with Gasteiger partial charge in [-0.1, -0.05) is 18.5 Å². The molecule has 1 aromatic rings. The average Bonchev–Trinajstić information content (AvgIpc) is 2.96. The predicted molar refractivity (Wildman–Crippen MR) is 72.7 cm³/mol. The second-order valence-corrected chi connectivity index (χ2v) is 6.92. The molecule has 0 aliphatic carbocycles. The van der Waals surface area contributed by atoms with Crippen LogP contribution < -0.4 is 4.72 Å². The quantitative estimate of drug-likeness (QED) is 0.864. The van der Waals surface area contributed by atoms with E-state index in [1.807, 2.05) is 0 Å². The summed E-state index contributed by atoms with van der Waals surface area (Å²) in [5, 5.41) is -0.0822. The molecule has 1 saturated heterocycles. The highest BCUT2D eigenvalue weighted by Crippen LogP contribution is 2.19. The van der Waals surface area contributed by atoms with Gasteiger partial charge in [-0.15, -0.1) is 0 Å². The van der Waals surface area contributed by atoms with Crippen LogP contribution in [0.15, 0.2) is 12.3 Å². The fourth-order valence-corrected chi connectivity index (χ4v) is 3.74. The minimum Gasteiger partial charge on any atom is -0.356 e. The zero-order chi connectivity index (χ0) is 14.0. The minimum absolute atomic E-state index is 0.213. The smallest absolute Gasteiger partial charge is 0.270 e. The molecule has 2 rings (SSSR count). The number of aromatic amines is 1. The van der Waals surface area contributed by atoms with Gasteiger partial charge in [0.25, 0.3) is 5.91 Å². The standard InChI is InChI=1S/C11H16ClN3O3S/c1-2-14-19(17,18)9-3-4-15(7-9)11(16)10-5-8(12)6-13-10/h5-6,9,13-14H,2-4,7H2,1H3. The molecule has 0 aromatic carbocycles. The van der Waals surface area contributed by atoms with Gasteiger partial charge in [0.15, 0.2) is 0 Å². The van der Waals surface area contributed by atoms with Crippen LogP contribution >= 0.6 is 11.6 Å². The van der Waals surface area contributed by atoms with Gasteiger partial charge >= 0.3 is 0 Å². The van der Waals surface area contributed by atoms with Gasteiger partial charge in [-0.05, 0) is 12.5 Å². The number of halogens is 1. The number of carbonyl (C=O) groups is 1. The summed E-state index contributed by atoms with van der Waals surface area (Å²) in [5.74, 6) is -0.221. The first kappa shape index (κ1) is 14.4. The van der Waals surface area contributed by atoms with Crippen LogP contribution in [0.1, 0.15) is 23.8 Å². The Balaban J connectivity index is 2.04. The Labute approximate surface area is 117 Å². The number of likely N-dealkylation sites (tertiary alicyclic amines) is 1. The number of amides is 1.